The fourth-order valence-electron chi connectivity index (χ4n) is 3.79. The number of carbonyl (C=O) groups excluding carboxylic acids is 1. The molecule has 1 saturated heterocycles. The smallest absolute Gasteiger partial charge is 0.252 e. The zero-order valence-electron chi connectivity index (χ0n) is 18.0. The Morgan fingerprint density at radius 1 is 1.16 bits per heavy atom. The average molecular weight is 436 g/mol. The van der Waals surface area contributed by atoms with Crippen LogP contribution in [0, 0.1) is 0 Å². The molecule has 5 nitrogen and oxygen atoms in total. The van der Waals surface area contributed by atoms with E-state index in [1.165, 1.54) is 5.56 Å². The summed E-state index contributed by atoms with van der Waals surface area (Å²) in [6.07, 6.45) is 5.37. The molecule has 0 spiro atoms. The number of fused-ring (bicyclic) bond motifs is 1. The van der Waals surface area contributed by atoms with E-state index >= 15 is 0 Å². The van der Waals surface area contributed by atoms with Gasteiger partial charge in [-0.2, -0.15) is 0 Å². The third kappa shape index (κ3) is 5.58. The van der Waals surface area contributed by atoms with Crippen LogP contribution in [0.3, 0.4) is 0 Å². The number of aryl methyl sites for hydroxylation is 1. The van der Waals surface area contributed by atoms with Crippen LogP contribution in [0.1, 0.15) is 24.5 Å². The fraction of sp³-hybridized carbons (Fsp3) is 0.360. The number of benzene rings is 2. The molecule has 4 rings (SSSR count). The van der Waals surface area contributed by atoms with E-state index in [0.717, 1.165) is 66.6 Å². The van der Waals surface area contributed by atoms with Crippen molar-refractivity contribution in [2.24, 2.45) is 0 Å². The Bertz CT molecular complexity index is 1030. The molecule has 0 radical (unpaired) electrons. The Hall–Kier alpha value is -2.54. The maximum absolute atomic E-state index is 13.2. The molecular weight excluding hydrogens is 406 g/mol. The van der Waals surface area contributed by atoms with Crippen molar-refractivity contribution < 1.29 is 9.53 Å². The van der Waals surface area contributed by atoms with Gasteiger partial charge < -0.3 is 4.74 Å². The van der Waals surface area contributed by atoms with E-state index < -0.39 is 0 Å². The lowest BCUT2D eigenvalue weighted by Gasteiger charge is -2.27. The number of amides is 1. The molecule has 0 bridgehead atoms. The third-order valence-corrected chi connectivity index (χ3v) is 6.59. The molecule has 0 N–H and O–H groups in total. The van der Waals surface area contributed by atoms with Gasteiger partial charge in [0.2, 0.25) is 0 Å². The predicted octanol–water partition coefficient (Wildman–Crippen LogP) is 4.63. The molecule has 31 heavy (non-hydrogen) atoms. The van der Waals surface area contributed by atoms with E-state index in [-0.39, 0.29) is 5.91 Å². The largest absolute Gasteiger partial charge is 0.379 e. The first-order valence-electron chi connectivity index (χ1n) is 11.0. The zero-order chi connectivity index (χ0) is 21.5. The van der Waals surface area contributed by atoms with Crippen molar-refractivity contribution in [1.82, 2.24) is 9.88 Å². The highest BCUT2D eigenvalue weighted by Crippen LogP contribution is 2.31. The van der Waals surface area contributed by atoms with Gasteiger partial charge in [0.05, 0.1) is 23.4 Å². The summed E-state index contributed by atoms with van der Waals surface area (Å²) in [5.41, 5.74) is 3.25. The summed E-state index contributed by atoms with van der Waals surface area (Å²) in [6, 6.07) is 16.2. The van der Waals surface area contributed by atoms with E-state index in [1.807, 2.05) is 41.3 Å². The number of morpholine rings is 1. The van der Waals surface area contributed by atoms with Crippen LogP contribution in [0.15, 0.2) is 54.6 Å². The minimum absolute atomic E-state index is 0.0251. The molecule has 2 heterocycles. The monoisotopic (exact) mass is 435 g/mol. The number of nitrogens with zero attached hydrogens (tertiary/aromatic N) is 3. The number of ether oxygens (including phenoxy) is 1. The quantitative estimate of drug-likeness (QED) is 0.484. The molecule has 0 saturated carbocycles. The van der Waals surface area contributed by atoms with E-state index in [0.29, 0.717) is 6.54 Å². The molecule has 0 atom stereocenters. The summed E-state index contributed by atoms with van der Waals surface area (Å²) >= 11 is 1.60. The number of para-hydroxylation sites is 1. The lowest BCUT2D eigenvalue weighted by atomic mass is 10.1. The van der Waals surface area contributed by atoms with Gasteiger partial charge in [-0.25, -0.2) is 4.98 Å². The summed E-state index contributed by atoms with van der Waals surface area (Å²) < 4.78 is 6.57. The van der Waals surface area contributed by atoms with E-state index in [2.05, 4.69) is 30.0 Å². The first kappa shape index (κ1) is 21.7. The number of thiazole rings is 1. The second-order valence-electron chi connectivity index (χ2n) is 7.66. The molecule has 1 fully saturated rings. The Labute approximate surface area is 188 Å². The molecule has 3 aromatic rings. The van der Waals surface area contributed by atoms with Crippen LogP contribution in [0.4, 0.5) is 5.13 Å². The third-order valence-electron chi connectivity index (χ3n) is 5.55. The first-order chi connectivity index (χ1) is 15.2. The van der Waals surface area contributed by atoms with Crippen molar-refractivity contribution in [3.63, 3.8) is 0 Å². The zero-order valence-corrected chi connectivity index (χ0v) is 18.8. The average Bonchev–Trinajstić information content (AvgIpc) is 3.25. The number of anilines is 1. The molecule has 1 amide bonds. The number of carbonyl (C=O) groups is 1. The van der Waals surface area contributed by atoms with Crippen LogP contribution in [-0.4, -0.2) is 55.2 Å². The van der Waals surface area contributed by atoms with Gasteiger partial charge in [-0.05, 0) is 36.1 Å². The van der Waals surface area contributed by atoms with Crippen molar-refractivity contribution in [3.8, 4) is 0 Å². The molecular formula is C25H29N3O2S. The number of hydrogen-bond donors (Lipinski definition) is 0. The number of rotatable bonds is 8. The summed E-state index contributed by atoms with van der Waals surface area (Å²) in [5.74, 6) is -0.0251. The maximum Gasteiger partial charge on any atom is 0.252 e. The highest BCUT2D eigenvalue weighted by Gasteiger charge is 2.19. The Kier molecular flexibility index (Phi) is 7.46. The molecule has 1 aromatic heterocycles. The van der Waals surface area contributed by atoms with Crippen molar-refractivity contribution in [3.05, 3.63) is 65.7 Å². The van der Waals surface area contributed by atoms with Gasteiger partial charge in [0.25, 0.3) is 5.91 Å². The van der Waals surface area contributed by atoms with E-state index in [9.17, 15) is 4.79 Å². The lowest BCUT2D eigenvalue weighted by Crippen LogP contribution is -2.39. The predicted molar refractivity (Wildman–Crippen MR) is 129 cm³/mol. The standard InChI is InChI=1S/C25H29N3O2S/c1-2-21-10-6-11-22-24(21)26-25(31-22)28(15-7-14-27-16-18-30-19-17-27)23(29)13-12-20-8-4-3-5-9-20/h3-6,8-13H,2,7,14-19H2,1H3/b13-12+. The second-order valence-corrected chi connectivity index (χ2v) is 8.66. The summed E-state index contributed by atoms with van der Waals surface area (Å²) in [5, 5.41) is 0.778. The molecule has 1 aliphatic heterocycles. The van der Waals surface area contributed by atoms with Gasteiger partial charge >= 0.3 is 0 Å². The Balaban J connectivity index is 1.54. The topological polar surface area (TPSA) is 45.7 Å². The Morgan fingerprint density at radius 3 is 2.74 bits per heavy atom. The van der Waals surface area contributed by atoms with Crippen molar-refractivity contribution in [1.29, 1.82) is 0 Å². The minimum atomic E-state index is -0.0251. The van der Waals surface area contributed by atoms with Gasteiger partial charge in [0.15, 0.2) is 5.13 Å². The van der Waals surface area contributed by atoms with Gasteiger partial charge in [-0.1, -0.05) is 60.7 Å². The van der Waals surface area contributed by atoms with Gasteiger partial charge in [-0.15, -0.1) is 0 Å². The summed E-state index contributed by atoms with van der Waals surface area (Å²) in [4.78, 5) is 22.3. The van der Waals surface area contributed by atoms with Gasteiger partial charge in [0.1, 0.15) is 0 Å². The van der Waals surface area contributed by atoms with Crippen LogP contribution in [-0.2, 0) is 16.0 Å². The summed E-state index contributed by atoms with van der Waals surface area (Å²) in [6.45, 7) is 7.25. The second kappa shape index (κ2) is 10.7. The minimum Gasteiger partial charge on any atom is -0.379 e. The Morgan fingerprint density at radius 2 is 1.97 bits per heavy atom. The molecule has 0 aliphatic carbocycles. The molecule has 162 valence electrons. The molecule has 1 aliphatic rings. The number of hydrogen-bond acceptors (Lipinski definition) is 5. The summed E-state index contributed by atoms with van der Waals surface area (Å²) in [7, 11) is 0. The number of aromatic nitrogens is 1. The van der Waals surface area contributed by atoms with Crippen molar-refractivity contribution in [2.45, 2.75) is 19.8 Å². The fourth-order valence-corrected chi connectivity index (χ4v) is 4.84. The van der Waals surface area contributed by atoms with Crippen LogP contribution in [0.5, 0.6) is 0 Å². The van der Waals surface area contributed by atoms with Gasteiger partial charge in [-0.3, -0.25) is 14.6 Å². The normalized spacial score (nSPS) is 15.0. The van der Waals surface area contributed by atoms with Crippen molar-refractivity contribution >= 4 is 38.7 Å². The van der Waals surface area contributed by atoms with E-state index in [4.69, 9.17) is 9.72 Å². The van der Waals surface area contributed by atoms with Crippen LogP contribution < -0.4 is 4.90 Å². The maximum atomic E-state index is 13.2. The highest BCUT2D eigenvalue weighted by atomic mass is 32.1. The molecule has 0 unspecified atom stereocenters. The molecule has 2 aromatic carbocycles. The van der Waals surface area contributed by atoms with Gasteiger partial charge in [0, 0.05) is 32.3 Å². The SMILES string of the molecule is CCc1cccc2sc(N(CCCN3CCOCC3)C(=O)/C=C/c3ccccc3)nc12. The van der Waals surface area contributed by atoms with Crippen molar-refractivity contribution in [2.75, 3.05) is 44.3 Å². The van der Waals surface area contributed by atoms with Crippen LogP contribution in [0.25, 0.3) is 16.3 Å². The van der Waals surface area contributed by atoms with Crippen LogP contribution in [0.2, 0.25) is 0 Å². The van der Waals surface area contributed by atoms with E-state index in [1.54, 1.807) is 17.4 Å². The van der Waals surface area contributed by atoms with Crippen LogP contribution >= 0.6 is 11.3 Å². The highest BCUT2D eigenvalue weighted by molar-refractivity contribution is 7.22. The lowest BCUT2D eigenvalue weighted by molar-refractivity contribution is -0.114. The first-order valence-corrected chi connectivity index (χ1v) is 11.8. The molecule has 6 heteroatoms.